The van der Waals surface area contributed by atoms with Crippen LogP contribution in [0.15, 0.2) is 72.8 Å². The summed E-state index contributed by atoms with van der Waals surface area (Å²) in [5, 5.41) is 0. The molecule has 0 saturated heterocycles. The van der Waals surface area contributed by atoms with E-state index in [1.54, 1.807) is 42.5 Å². The first-order chi connectivity index (χ1) is 15.6. The predicted octanol–water partition coefficient (Wildman–Crippen LogP) is 6.91. The van der Waals surface area contributed by atoms with Crippen LogP contribution in [0.2, 0.25) is 0 Å². The summed E-state index contributed by atoms with van der Waals surface area (Å²) in [4.78, 5) is 0. The SMILES string of the molecule is COc1cccc(C#Cc2ccccc2)c1I1OC(C(F)(F)F)(C(F)(F)F)c2ccccc21. The van der Waals surface area contributed by atoms with E-state index in [1.165, 1.54) is 25.3 Å². The molecule has 9 heteroatoms. The van der Waals surface area contributed by atoms with Crippen LogP contribution in [0.3, 0.4) is 0 Å². The maximum absolute atomic E-state index is 14.1. The van der Waals surface area contributed by atoms with Crippen molar-refractivity contribution in [2.24, 2.45) is 0 Å². The van der Waals surface area contributed by atoms with Crippen molar-refractivity contribution in [3.05, 3.63) is 96.6 Å². The second kappa shape index (κ2) is 8.57. The van der Waals surface area contributed by atoms with Gasteiger partial charge in [-0.05, 0) is 0 Å². The molecule has 0 radical (unpaired) electrons. The molecule has 0 amide bonds. The van der Waals surface area contributed by atoms with Gasteiger partial charge in [-0.3, -0.25) is 0 Å². The Labute approximate surface area is 193 Å². The number of hydrogen-bond acceptors (Lipinski definition) is 2. The van der Waals surface area contributed by atoms with E-state index >= 15 is 0 Å². The Morgan fingerprint density at radius 1 is 0.788 bits per heavy atom. The zero-order valence-electron chi connectivity index (χ0n) is 16.9. The number of ether oxygens (including phenoxy) is 1. The Morgan fingerprint density at radius 2 is 1.42 bits per heavy atom. The predicted molar refractivity (Wildman–Crippen MR) is 118 cm³/mol. The molecule has 3 aromatic rings. The maximum atomic E-state index is 14.1. The summed E-state index contributed by atoms with van der Waals surface area (Å²) in [6.45, 7) is 0. The average molecular weight is 576 g/mol. The van der Waals surface area contributed by atoms with Crippen molar-refractivity contribution in [1.82, 2.24) is 0 Å². The Kier molecular flexibility index (Phi) is 6.09. The van der Waals surface area contributed by atoms with Gasteiger partial charge in [0.25, 0.3) is 0 Å². The van der Waals surface area contributed by atoms with E-state index in [0.717, 1.165) is 12.1 Å². The van der Waals surface area contributed by atoms with Crippen LogP contribution in [-0.2, 0) is 8.67 Å². The summed E-state index contributed by atoms with van der Waals surface area (Å²) in [6.07, 6.45) is -11.4. The first kappa shape index (κ1) is 23.4. The molecule has 0 aromatic heterocycles. The molecular formula is C24H15F6IO2. The van der Waals surface area contributed by atoms with E-state index in [4.69, 9.17) is 7.80 Å². The van der Waals surface area contributed by atoms with E-state index in [-0.39, 0.29) is 18.5 Å². The van der Waals surface area contributed by atoms with Gasteiger partial charge in [0.2, 0.25) is 0 Å². The van der Waals surface area contributed by atoms with E-state index in [2.05, 4.69) is 11.8 Å². The summed E-state index contributed by atoms with van der Waals surface area (Å²) < 4.78 is 94.8. The Bertz CT molecular complexity index is 1210. The normalized spacial score (nSPS) is 16.0. The number of hydrogen-bond donors (Lipinski definition) is 0. The second-order valence-electron chi connectivity index (χ2n) is 6.92. The third-order valence-corrected chi connectivity index (χ3v) is 10.1. The van der Waals surface area contributed by atoms with Gasteiger partial charge >= 0.3 is 194 Å². The van der Waals surface area contributed by atoms with Gasteiger partial charge in [-0.25, -0.2) is 0 Å². The molecule has 0 bridgehead atoms. The average Bonchev–Trinajstić information content (AvgIpc) is 3.14. The molecule has 0 unspecified atom stereocenters. The second-order valence-corrected chi connectivity index (χ2v) is 11.0. The van der Waals surface area contributed by atoms with Crippen molar-refractivity contribution in [2.45, 2.75) is 18.0 Å². The molecule has 4 rings (SSSR count). The van der Waals surface area contributed by atoms with Gasteiger partial charge in [-0.15, -0.1) is 0 Å². The minimum atomic E-state index is -5.72. The molecule has 0 fully saturated rings. The topological polar surface area (TPSA) is 18.5 Å². The summed E-state index contributed by atoms with van der Waals surface area (Å²) in [5.74, 6) is 5.92. The first-order valence-corrected chi connectivity index (χ1v) is 12.5. The number of halogens is 7. The van der Waals surface area contributed by atoms with Crippen molar-refractivity contribution >= 4 is 20.2 Å². The van der Waals surface area contributed by atoms with Crippen LogP contribution in [-0.4, -0.2) is 19.5 Å². The molecule has 0 saturated carbocycles. The van der Waals surface area contributed by atoms with Crippen LogP contribution >= 0.6 is 20.2 Å². The van der Waals surface area contributed by atoms with Gasteiger partial charge in [-0.2, -0.15) is 0 Å². The molecule has 33 heavy (non-hydrogen) atoms. The quantitative estimate of drug-likeness (QED) is 0.188. The Hall–Kier alpha value is -2.71. The fourth-order valence-electron chi connectivity index (χ4n) is 3.39. The van der Waals surface area contributed by atoms with Crippen LogP contribution in [0.4, 0.5) is 26.3 Å². The van der Waals surface area contributed by atoms with Crippen LogP contribution < -0.4 is 4.74 Å². The summed E-state index contributed by atoms with van der Waals surface area (Å²) in [5.41, 5.74) is -4.43. The van der Waals surface area contributed by atoms with Crippen LogP contribution in [0.1, 0.15) is 16.7 Å². The molecule has 0 spiro atoms. The van der Waals surface area contributed by atoms with Crippen molar-refractivity contribution in [3.63, 3.8) is 0 Å². The molecule has 1 aliphatic rings. The van der Waals surface area contributed by atoms with Crippen molar-refractivity contribution in [3.8, 4) is 17.6 Å². The zero-order chi connectivity index (χ0) is 23.9. The van der Waals surface area contributed by atoms with E-state index in [0.29, 0.717) is 5.56 Å². The van der Waals surface area contributed by atoms with E-state index < -0.39 is 43.8 Å². The number of benzene rings is 3. The van der Waals surface area contributed by atoms with E-state index in [9.17, 15) is 26.3 Å². The molecule has 2 nitrogen and oxygen atoms in total. The zero-order valence-corrected chi connectivity index (χ0v) is 19.0. The fourth-order valence-corrected chi connectivity index (χ4v) is 9.17. The van der Waals surface area contributed by atoms with Crippen LogP contribution in [0.5, 0.6) is 5.75 Å². The van der Waals surface area contributed by atoms with Crippen LogP contribution in [0.25, 0.3) is 0 Å². The molecule has 0 aliphatic carbocycles. The third kappa shape index (κ3) is 3.95. The van der Waals surface area contributed by atoms with Crippen molar-refractivity contribution < 1.29 is 34.1 Å². The van der Waals surface area contributed by atoms with Gasteiger partial charge in [0, 0.05) is 0 Å². The van der Waals surface area contributed by atoms with Crippen LogP contribution in [0, 0.1) is 19.0 Å². The van der Waals surface area contributed by atoms with Gasteiger partial charge in [0.05, 0.1) is 0 Å². The molecular weight excluding hydrogens is 561 g/mol. The Morgan fingerprint density at radius 3 is 2.06 bits per heavy atom. The number of fused-ring (bicyclic) bond motifs is 1. The fraction of sp³-hybridized carbons (Fsp3) is 0.167. The summed E-state index contributed by atoms with van der Waals surface area (Å²) in [6, 6.07) is 18.1. The molecule has 0 N–H and O–H groups in total. The minimum absolute atomic E-state index is 0.0939. The Balaban J connectivity index is 1.95. The van der Waals surface area contributed by atoms with E-state index in [1.807, 2.05) is 0 Å². The van der Waals surface area contributed by atoms with Crippen molar-refractivity contribution in [1.29, 1.82) is 0 Å². The van der Waals surface area contributed by atoms with Gasteiger partial charge < -0.3 is 0 Å². The van der Waals surface area contributed by atoms with Gasteiger partial charge in [0.1, 0.15) is 0 Å². The molecule has 3 aromatic carbocycles. The van der Waals surface area contributed by atoms with Crippen molar-refractivity contribution in [2.75, 3.05) is 7.11 Å². The molecule has 1 heterocycles. The summed E-state index contributed by atoms with van der Waals surface area (Å²) >= 11 is -3.79. The summed E-state index contributed by atoms with van der Waals surface area (Å²) in [7, 11) is 1.30. The third-order valence-electron chi connectivity index (χ3n) is 4.90. The molecule has 0 atom stereocenters. The molecule has 172 valence electrons. The monoisotopic (exact) mass is 576 g/mol. The molecule has 1 aliphatic heterocycles. The number of alkyl halides is 6. The number of rotatable bonds is 2. The first-order valence-electron chi connectivity index (χ1n) is 9.46. The van der Waals surface area contributed by atoms with Gasteiger partial charge in [-0.1, -0.05) is 0 Å². The van der Waals surface area contributed by atoms with Gasteiger partial charge in [0.15, 0.2) is 0 Å². The number of methoxy groups -OCH3 is 1. The standard InChI is InChI=1S/C24H15F6IO2/c1-32-20-13-7-10-17(15-14-16-8-3-2-4-9-16)21(20)31-19-12-6-5-11-18(19)22(33-31,23(25,26)27)24(28,29)30/h2-13H,1H3.